The van der Waals surface area contributed by atoms with Crippen LogP contribution in [0.1, 0.15) is 88.9 Å². The molecule has 1 heterocycles. The zero-order valence-electron chi connectivity index (χ0n) is 25.9. The monoisotopic (exact) mass is 609 g/mol. The quantitative estimate of drug-likeness (QED) is 0.189. The molecule has 0 bridgehead atoms. The Balaban J connectivity index is 1.74. The van der Waals surface area contributed by atoms with Crippen molar-refractivity contribution in [3.63, 3.8) is 0 Å². The molecule has 1 atom stereocenters. The Morgan fingerprint density at radius 1 is 0.976 bits per heavy atom. The molecule has 6 nitrogen and oxygen atoms in total. The number of alkyl halides is 3. The summed E-state index contributed by atoms with van der Waals surface area (Å²) in [6.45, 7) is 14.8. The third kappa shape index (κ3) is 8.04. The number of ether oxygens (including phenoxy) is 2. The summed E-state index contributed by atoms with van der Waals surface area (Å²) < 4.78 is 73.6. The van der Waals surface area contributed by atoms with Crippen molar-refractivity contribution in [1.82, 2.24) is 0 Å². The molecule has 0 aliphatic carbocycles. The van der Waals surface area contributed by atoms with Crippen LogP contribution in [0.4, 0.5) is 13.2 Å². The average molecular weight is 610 g/mol. The lowest BCUT2D eigenvalue weighted by Crippen LogP contribution is -2.38. The second kappa shape index (κ2) is 12.5. The van der Waals surface area contributed by atoms with Gasteiger partial charge in [-0.2, -0.15) is 13.2 Å². The van der Waals surface area contributed by atoms with Crippen molar-refractivity contribution in [2.24, 2.45) is 4.99 Å². The zero-order chi connectivity index (χ0) is 31.6. The van der Waals surface area contributed by atoms with Crippen LogP contribution in [-0.4, -0.2) is 47.4 Å². The standard InChI is InChI=1S/C32H43F3NO5P/c1-22(37)26-12-9-24(10-13-26)16-18-39-28-14-11-25(19-27(28)32(33,34)35)15-17-31(20-40-23(2)36-31)21-41-42(38,29(3,4)5)30(6,7)8/h9-14,19H,15-18,20-21H2,1-8H3. The molecular formula is C32H43F3NO5P. The second-order valence-corrected chi connectivity index (χ2v) is 17.0. The Bertz CT molecular complexity index is 1320. The first kappa shape index (κ1) is 33.9. The van der Waals surface area contributed by atoms with E-state index in [-0.39, 0.29) is 37.8 Å². The van der Waals surface area contributed by atoms with Gasteiger partial charge in [-0.25, -0.2) is 4.99 Å². The maximum absolute atomic E-state index is 14.1. The number of hydrogen-bond donors (Lipinski definition) is 0. The van der Waals surface area contributed by atoms with Gasteiger partial charge >= 0.3 is 6.18 Å². The second-order valence-electron chi connectivity index (χ2n) is 13.0. The summed E-state index contributed by atoms with van der Waals surface area (Å²) in [6, 6.07) is 11.0. The molecule has 0 saturated heterocycles. The summed E-state index contributed by atoms with van der Waals surface area (Å²) in [5.41, 5.74) is 0.204. The Kier molecular flexibility index (Phi) is 10.1. The van der Waals surface area contributed by atoms with E-state index in [2.05, 4.69) is 4.99 Å². The van der Waals surface area contributed by atoms with Gasteiger partial charge in [0.15, 0.2) is 11.7 Å². The van der Waals surface area contributed by atoms with E-state index in [9.17, 15) is 22.5 Å². The van der Waals surface area contributed by atoms with Crippen LogP contribution in [0.5, 0.6) is 5.75 Å². The van der Waals surface area contributed by atoms with Crippen molar-refractivity contribution >= 4 is 19.0 Å². The zero-order valence-corrected chi connectivity index (χ0v) is 26.7. The first-order valence-electron chi connectivity index (χ1n) is 14.1. The lowest BCUT2D eigenvalue weighted by molar-refractivity contribution is -0.139. The molecule has 0 N–H and O–H groups in total. The molecule has 0 aromatic heterocycles. The summed E-state index contributed by atoms with van der Waals surface area (Å²) in [6.07, 6.45) is -3.58. The van der Waals surface area contributed by atoms with E-state index in [0.29, 0.717) is 29.9 Å². The fourth-order valence-corrected chi connectivity index (χ4v) is 8.37. The van der Waals surface area contributed by atoms with E-state index in [4.69, 9.17) is 14.0 Å². The fraction of sp³-hybridized carbons (Fsp3) is 0.562. The molecule has 2 aromatic carbocycles. The van der Waals surface area contributed by atoms with E-state index in [0.717, 1.165) is 11.6 Å². The topological polar surface area (TPSA) is 74.2 Å². The summed E-state index contributed by atoms with van der Waals surface area (Å²) in [5.74, 6) is 0.179. The Morgan fingerprint density at radius 2 is 1.57 bits per heavy atom. The lowest BCUT2D eigenvalue weighted by atomic mass is 9.93. The lowest BCUT2D eigenvalue weighted by Gasteiger charge is -2.41. The maximum Gasteiger partial charge on any atom is 0.419 e. The van der Waals surface area contributed by atoms with Crippen molar-refractivity contribution in [1.29, 1.82) is 0 Å². The van der Waals surface area contributed by atoms with Crippen LogP contribution in [0, 0.1) is 0 Å². The molecular weight excluding hydrogens is 566 g/mol. The largest absolute Gasteiger partial charge is 0.493 e. The molecule has 0 amide bonds. The molecule has 2 aromatic rings. The molecule has 0 fully saturated rings. The highest BCUT2D eigenvalue weighted by Gasteiger charge is 2.50. The third-order valence-electron chi connectivity index (χ3n) is 7.46. The molecule has 232 valence electrons. The van der Waals surface area contributed by atoms with Crippen LogP contribution in [0.15, 0.2) is 47.5 Å². The number of aliphatic imine (C=N–C) groups is 1. The van der Waals surface area contributed by atoms with Crippen LogP contribution in [0.2, 0.25) is 0 Å². The van der Waals surface area contributed by atoms with E-state index in [1.165, 1.54) is 13.0 Å². The van der Waals surface area contributed by atoms with E-state index < -0.39 is 35.0 Å². The number of rotatable bonds is 11. The number of Topliss-reactive ketones (excluding diaryl/α,β-unsaturated/α-hetero) is 1. The smallest absolute Gasteiger partial charge is 0.419 e. The molecule has 0 spiro atoms. The van der Waals surface area contributed by atoms with Crippen molar-refractivity contribution in [2.75, 3.05) is 19.8 Å². The first-order chi connectivity index (χ1) is 19.3. The van der Waals surface area contributed by atoms with E-state index in [1.807, 2.05) is 41.5 Å². The van der Waals surface area contributed by atoms with Gasteiger partial charge in [0.25, 0.3) is 0 Å². The number of hydrogen-bond acceptors (Lipinski definition) is 6. The van der Waals surface area contributed by atoms with Gasteiger partial charge in [-0.15, -0.1) is 0 Å². The van der Waals surface area contributed by atoms with Crippen molar-refractivity contribution in [3.8, 4) is 5.75 Å². The highest BCUT2D eigenvalue weighted by atomic mass is 31.2. The van der Waals surface area contributed by atoms with E-state index in [1.54, 1.807) is 37.3 Å². The van der Waals surface area contributed by atoms with Crippen molar-refractivity contribution in [2.45, 2.75) is 96.7 Å². The Morgan fingerprint density at radius 3 is 2.07 bits per heavy atom. The van der Waals surface area contributed by atoms with Gasteiger partial charge in [0, 0.05) is 29.2 Å². The molecule has 1 unspecified atom stereocenters. The molecule has 0 saturated carbocycles. The summed E-state index contributed by atoms with van der Waals surface area (Å²) >= 11 is 0. The molecule has 1 aliphatic rings. The normalized spacial score (nSPS) is 18.0. The number of ketones is 1. The molecule has 3 rings (SSSR count). The average Bonchev–Trinajstić information content (AvgIpc) is 3.25. The number of nitrogens with zero attached hydrogens (tertiary/aromatic N) is 1. The van der Waals surface area contributed by atoms with Gasteiger partial charge in [-0.05, 0) is 43.0 Å². The number of halogens is 3. The summed E-state index contributed by atoms with van der Waals surface area (Å²) in [4.78, 5) is 16.1. The minimum atomic E-state index is -4.60. The van der Waals surface area contributed by atoms with Gasteiger partial charge in [-0.3, -0.25) is 9.36 Å². The van der Waals surface area contributed by atoms with Crippen LogP contribution in [0.3, 0.4) is 0 Å². The number of carbonyl (C=O) groups excluding carboxylic acids is 1. The molecule has 1 aliphatic heterocycles. The van der Waals surface area contributed by atoms with Crippen LogP contribution < -0.4 is 4.74 Å². The predicted molar refractivity (Wildman–Crippen MR) is 160 cm³/mol. The minimum absolute atomic E-state index is 0.0386. The van der Waals surface area contributed by atoms with Crippen LogP contribution in [-0.2, 0) is 32.8 Å². The van der Waals surface area contributed by atoms with Gasteiger partial charge < -0.3 is 14.0 Å². The van der Waals surface area contributed by atoms with Crippen molar-refractivity contribution < 1.29 is 36.5 Å². The fourth-order valence-electron chi connectivity index (χ4n) is 5.16. The summed E-state index contributed by atoms with van der Waals surface area (Å²) in [7, 11) is -3.18. The molecule has 0 radical (unpaired) electrons. The van der Waals surface area contributed by atoms with E-state index >= 15 is 0 Å². The van der Waals surface area contributed by atoms with Crippen molar-refractivity contribution in [3.05, 3.63) is 64.7 Å². The maximum atomic E-state index is 14.1. The molecule has 42 heavy (non-hydrogen) atoms. The minimum Gasteiger partial charge on any atom is -0.493 e. The number of carbonyl (C=O) groups is 1. The third-order valence-corrected chi connectivity index (χ3v) is 11.5. The Labute approximate surface area is 247 Å². The highest BCUT2D eigenvalue weighted by molar-refractivity contribution is 7.62. The number of benzene rings is 2. The SMILES string of the molecule is CC(=O)c1ccc(CCOc2ccc(CCC3(COP(=O)(C(C)(C)C)C(C)(C)C)COC(C)=N3)cc2C(F)(F)F)cc1. The van der Waals surface area contributed by atoms with Crippen LogP contribution >= 0.6 is 7.37 Å². The van der Waals surface area contributed by atoms with Gasteiger partial charge in [0.05, 0.1) is 18.8 Å². The highest BCUT2D eigenvalue weighted by Crippen LogP contribution is 2.67. The predicted octanol–water partition coefficient (Wildman–Crippen LogP) is 8.54. The van der Waals surface area contributed by atoms with Crippen LogP contribution in [0.25, 0.3) is 0 Å². The van der Waals surface area contributed by atoms with Gasteiger partial charge in [0.1, 0.15) is 17.9 Å². The molecule has 10 heteroatoms. The van der Waals surface area contributed by atoms with Gasteiger partial charge in [0.2, 0.25) is 7.37 Å². The Hall–Kier alpha value is -2.64. The summed E-state index contributed by atoms with van der Waals surface area (Å²) in [5, 5.41) is -1.22. The number of aryl methyl sites for hydroxylation is 1. The first-order valence-corrected chi connectivity index (χ1v) is 15.8. The van der Waals surface area contributed by atoms with Gasteiger partial charge in [-0.1, -0.05) is 71.9 Å².